The summed E-state index contributed by atoms with van der Waals surface area (Å²) < 4.78 is 12.4. The lowest BCUT2D eigenvalue weighted by atomic mass is 9.83. The largest absolute Gasteiger partial charge is 0.487 e. The first kappa shape index (κ1) is 30.7. The van der Waals surface area contributed by atoms with Crippen LogP contribution in [0.1, 0.15) is 121 Å². The highest BCUT2D eigenvalue weighted by atomic mass is 16.5. The number of likely N-dealkylation sites (N-methyl/N-ethyl adjacent to an activating group) is 1. The van der Waals surface area contributed by atoms with E-state index in [1.165, 1.54) is 56.9 Å². The van der Waals surface area contributed by atoms with Crippen molar-refractivity contribution in [2.75, 3.05) is 13.6 Å². The number of fused-ring (bicyclic) bond motifs is 1. The van der Waals surface area contributed by atoms with E-state index < -0.39 is 0 Å². The molecule has 1 aromatic carbocycles. The summed E-state index contributed by atoms with van der Waals surface area (Å²) in [6.07, 6.45) is 13.8. The molecule has 0 spiro atoms. The van der Waals surface area contributed by atoms with E-state index in [1.807, 2.05) is 6.92 Å². The third-order valence-corrected chi connectivity index (χ3v) is 8.38. The molecule has 0 bridgehead atoms. The first-order valence-electron chi connectivity index (χ1n) is 14.6. The van der Waals surface area contributed by atoms with Gasteiger partial charge in [-0.15, -0.1) is 0 Å². The molecule has 206 valence electrons. The van der Waals surface area contributed by atoms with E-state index in [0.717, 1.165) is 59.5 Å². The Morgan fingerprint density at radius 2 is 1.50 bits per heavy atom. The van der Waals surface area contributed by atoms with Crippen molar-refractivity contribution in [2.45, 2.75) is 132 Å². The molecule has 0 fully saturated rings. The lowest BCUT2D eigenvalue weighted by Crippen LogP contribution is -2.37. The molecule has 1 N–H and O–H groups in total. The van der Waals surface area contributed by atoms with Crippen LogP contribution in [0.4, 0.5) is 0 Å². The van der Waals surface area contributed by atoms with Crippen molar-refractivity contribution in [1.29, 1.82) is 0 Å². The van der Waals surface area contributed by atoms with Crippen molar-refractivity contribution in [3.05, 3.63) is 22.3 Å². The Kier molecular flexibility index (Phi) is 12.3. The maximum Gasteiger partial charge on any atom is 0.325 e. The molecule has 1 aliphatic rings. The minimum Gasteiger partial charge on any atom is -0.487 e. The first-order valence-corrected chi connectivity index (χ1v) is 14.6. The van der Waals surface area contributed by atoms with Gasteiger partial charge in [-0.3, -0.25) is 4.79 Å². The topological polar surface area (TPSA) is 47.6 Å². The Morgan fingerprint density at radius 3 is 2.08 bits per heavy atom. The Balaban J connectivity index is 1.85. The lowest BCUT2D eigenvalue weighted by Gasteiger charge is -2.38. The summed E-state index contributed by atoms with van der Waals surface area (Å²) >= 11 is 0. The SMILES string of the molecule is CNCC(=O)Oc1c(C)c(C)c2c(c1C)CCC(C)(CCCC(C)CCCC(C)CCCC(C)C)O2. The van der Waals surface area contributed by atoms with Crippen LogP contribution in [-0.4, -0.2) is 25.2 Å². The Bertz CT molecular complexity index is 847. The lowest BCUT2D eigenvalue weighted by molar-refractivity contribution is -0.133. The average molecular weight is 502 g/mol. The number of carbonyl (C=O) groups is 1. The molecule has 4 heteroatoms. The van der Waals surface area contributed by atoms with Gasteiger partial charge in [0, 0.05) is 5.56 Å². The molecule has 0 saturated carbocycles. The number of esters is 1. The quantitative estimate of drug-likeness (QED) is 0.194. The molecule has 1 aromatic rings. The van der Waals surface area contributed by atoms with Crippen LogP contribution in [0.15, 0.2) is 0 Å². The van der Waals surface area contributed by atoms with Crippen molar-refractivity contribution in [1.82, 2.24) is 5.32 Å². The molecular weight excluding hydrogens is 446 g/mol. The molecule has 1 heterocycles. The predicted molar refractivity (Wildman–Crippen MR) is 152 cm³/mol. The smallest absolute Gasteiger partial charge is 0.325 e. The Hall–Kier alpha value is -1.55. The standard InChI is InChI=1S/C32H55NO3/c1-22(2)13-10-14-23(3)15-11-16-24(4)17-12-19-32(8)20-18-28-27(7)30(35-29(34)21-33-9)25(5)26(6)31(28)36-32/h22-24,33H,10-21H2,1-9H3. The van der Waals surface area contributed by atoms with Gasteiger partial charge in [0.1, 0.15) is 17.1 Å². The molecule has 0 radical (unpaired) electrons. The molecule has 0 amide bonds. The van der Waals surface area contributed by atoms with Gasteiger partial charge in [0.15, 0.2) is 0 Å². The molecule has 3 atom stereocenters. The second-order valence-electron chi connectivity index (χ2n) is 12.4. The number of benzene rings is 1. The minimum atomic E-state index is -0.251. The molecule has 36 heavy (non-hydrogen) atoms. The summed E-state index contributed by atoms with van der Waals surface area (Å²) in [6.45, 7) is 18.2. The molecule has 0 saturated heterocycles. The molecule has 1 aliphatic heterocycles. The monoisotopic (exact) mass is 501 g/mol. The van der Waals surface area contributed by atoms with Gasteiger partial charge >= 0.3 is 5.97 Å². The van der Waals surface area contributed by atoms with E-state index in [1.54, 1.807) is 7.05 Å². The van der Waals surface area contributed by atoms with E-state index in [2.05, 4.69) is 53.8 Å². The van der Waals surface area contributed by atoms with Crippen LogP contribution < -0.4 is 14.8 Å². The molecule has 4 nitrogen and oxygen atoms in total. The molecule has 0 aliphatic carbocycles. The van der Waals surface area contributed by atoms with Crippen molar-refractivity contribution < 1.29 is 14.3 Å². The maximum absolute atomic E-state index is 12.1. The van der Waals surface area contributed by atoms with Crippen LogP contribution in [0.2, 0.25) is 0 Å². The van der Waals surface area contributed by atoms with Gasteiger partial charge in [0.05, 0.1) is 6.54 Å². The van der Waals surface area contributed by atoms with Crippen LogP contribution in [0.25, 0.3) is 0 Å². The number of ether oxygens (including phenoxy) is 2. The molecule has 2 rings (SSSR count). The highest BCUT2D eigenvalue weighted by Crippen LogP contribution is 2.45. The van der Waals surface area contributed by atoms with Crippen LogP contribution in [0.5, 0.6) is 11.5 Å². The summed E-state index contributed by atoms with van der Waals surface area (Å²) in [5.41, 5.74) is 4.24. The van der Waals surface area contributed by atoms with Gasteiger partial charge < -0.3 is 14.8 Å². The van der Waals surface area contributed by atoms with Gasteiger partial charge in [0.25, 0.3) is 0 Å². The second kappa shape index (κ2) is 14.4. The van der Waals surface area contributed by atoms with E-state index in [9.17, 15) is 4.79 Å². The third kappa shape index (κ3) is 9.08. The normalized spacial score (nSPS) is 19.1. The van der Waals surface area contributed by atoms with Crippen molar-refractivity contribution >= 4 is 5.97 Å². The number of hydrogen-bond acceptors (Lipinski definition) is 4. The van der Waals surface area contributed by atoms with E-state index >= 15 is 0 Å². The van der Waals surface area contributed by atoms with E-state index in [0.29, 0.717) is 5.75 Å². The number of hydrogen-bond donors (Lipinski definition) is 1. The summed E-state index contributed by atoms with van der Waals surface area (Å²) in [6, 6.07) is 0. The van der Waals surface area contributed by atoms with Crippen LogP contribution in [0, 0.1) is 38.5 Å². The van der Waals surface area contributed by atoms with Crippen LogP contribution >= 0.6 is 0 Å². The minimum absolute atomic E-state index is 0.119. The molecular formula is C32H55NO3. The zero-order valence-corrected chi connectivity index (χ0v) is 24.9. The second-order valence-corrected chi connectivity index (χ2v) is 12.4. The van der Waals surface area contributed by atoms with Gasteiger partial charge in [0.2, 0.25) is 0 Å². The number of rotatable bonds is 15. The van der Waals surface area contributed by atoms with Gasteiger partial charge in [-0.05, 0) is 94.9 Å². The number of carbonyl (C=O) groups excluding carboxylic acids is 1. The highest BCUT2D eigenvalue weighted by molar-refractivity contribution is 5.76. The zero-order chi connectivity index (χ0) is 26.9. The van der Waals surface area contributed by atoms with Crippen molar-refractivity contribution in [3.63, 3.8) is 0 Å². The summed E-state index contributed by atoms with van der Waals surface area (Å²) in [5, 5.41) is 2.87. The fraction of sp³-hybridized carbons (Fsp3) is 0.781. The summed E-state index contributed by atoms with van der Waals surface area (Å²) in [7, 11) is 1.75. The molecule has 3 unspecified atom stereocenters. The molecule has 0 aromatic heterocycles. The third-order valence-electron chi connectivity index (χ3n) is 8.38. The average Bonchev–Trinajstić information content (AvgIpc) is 2.80. The van der Waals surface area contributed by atoms with E-state index in [4.69, 9.17) is 9.47 Å². The van der Waals surface area contributed by atoms with Gasteiger partial charge in [-0.1, -0.05) is 72.6 Å². The van der Waals surface area contributed by atoms with Crippen molar-refractivity contribution in [3.8, 4) is 11.5 Å². The first-order chi connectivity index (χ1) is 17.0. The van der Waals surface area contributed by atoms with E-state index in [-0.39, 0.29) is 18.1 Å². The van der Waals surface area contributed by atoms with Gasteiger partial charge in [-0.25, -0.2) is 0 Å². The van der Waals surface area contributed by atoms with Crippen molar-refractivity contribution in [2.24, 2.45) is 17.8 Å². The highest BCUT2D eigenvalue weighted by Gasteiger charge is 2.34. The Morgan fingerprint density at radius 1 is 0.917 bits per heavy atom. The summed E-state index contributed by atoms with van der Waals surface area (Å²) in [5.74, 6) is 3.97. The fourth-order valence-corrected chi connectivity index (χ4v) is 5.71. The zero-order valence-electron chi connectivity index (χ0n) is 24.9. The Labute approximate surface area is 222 Å². The van der Waals surface area contributed by atoms with Gasteiger partial charge in [-0.2, -0.15) is 0 Å². The number of nitrogens with one attached hydrogen (secondary N) is 1. The maximum atomic E-state index is 12.1. The van der Waals surface area contributed by atoms with Crippen LogP contribution in [-0.2, 0) is 11.2 Å². The predicted octanol–water partition coefficient (Wildman–Crippen LogP) is 8.26. The summed E-state index contributed by atoms with van der Waals surface area (Å²) in [4.78, 5) is 12.1. The fourth-order valence-electron chi connectivity index (χ4n) is 5.71. The van der Waals surface area contributed by atoms with Crippen LogP contribution in [0.3, 0.4) is 0 Å².